The van der Waals surface area contributed by atoms with Crippen LogP contribution in [0, 0.1) is 5.82 Å². The van der Waals surface area contributed by atoms with Gasteiger partial charge >= 0.3 is 0 Å². The Balaban J connectivity index is 1.56. The number of nitrogens with one attached hydrogen (secondary N) is 1. The molecular weight excluding hydrogens is 351 g/mol. The maximum Gasteiger partial charge on any atom is 0.243 e. The number of benzene rings is 2. The predicted octanol–water partition coefficient (Wildman–Crippen LogP) is 3.73. The second kappa shape index (κ2) is 8.64. The van der Waals surface area contributed by atoms with E-state index in [0.29, 0.717) is 6.42 Å². The van der Waals surface area contributed by atoms with Crippen LogP contribution in [0.25, 0.3) is 0 Å². The summed E-state index contributed by atoms with van der Waals surface area (Å²) in [4.78, 5) is 2.11. The molecule has 0 aromatic heterocycles. The van der Waals surface area contributed by atoms with Gasteiger partial charge in [-0.3, -0.25) is 0 Å². The van der Waals surface area contributed by atoms with Crippen molar-refractivity contribution in [2.45, 2.75) is 37.0 Å². The highest BCUT2D eigenvalue weighted by molar-refractivity contribution is 7.89. The highest BCUT2D eigenvalue weighted by atomic mass is 32.2. The van der Waals surface area contributed by atoms with E-state index in [-0.39, 0.29) is 11.4 Å². The molecule has 2 aromatic rings. The summed E-state index contributed by atoms with van der Waals surface area (Å²) < 4.78 is 40.5. The van der Waals surface area contributed by atoms with Crippen molar-refractivity contribution >= 4 is 15.7 Å². The molecule has 1 saturated heterocycles. The molecule has 1 heterocycles. The van der Waals surface area contributed by atoms with Crippen LogP contribution in [0.1, 0.15) is 31.2 Å². The fraction of sp³-hybridized carbons (Fsp3) is 0.400. The third-order valence-corrected chi connectivity index (χ3v) is 6.23. The van der Waals surface area contributed by atoms with Crippen LogP contribution in [0.2, 0.25) is 0 Å². The van der Waals surface area contributed by atoms with Gasteiger partial charge in [-0.05, 0) is 49.1 Å². The zero-order valence-corrected chi connectivity index (χ0v) is 15.6. The molecule has 3 rings (SSSR count). The van der Waals surface area contributed by atoms with Gasteiger partial charge < -0.3 is 4.90 Å². The minimum absolute atomic E-state index is 0.236. The Hall–Kier alpha value is -1.92. The Morgan fingerprint density at radius 2 is 1.58 bits per heavy atom. The third kappa shape index (κ3) is 4.83. The van der Waals surface area contributed by atoms with E-state index >= 15 is 0 Å². The Morgan fingerprint density at radius 3 is 2.23 bits per heavy atom. The molecule has 1 aliphatic rings. The van der Waals surface area contributed by atoms with Gasteiger partial charge in [0, 0.05) is 25.3 Å². The van der Waals surface area contributed by atoms with E-state index in [9.17, 15) is 12.8 Å². The molecule has 0 aliphatic carbocycles. The van der Waals surface area contributed by atoms with Gasteiger partial charge in [0.25, 0.3) is 0 Å². The molecule has 0 atom stereocenters. The van der Waals surface area contributed by atoms with E-state index in [1.165, 1.54) is 49.6 Å². The molecule has 4 nitrogen and oxygen atoms in total. The monoisotopic (exact) mass is 376 g/mol. The standard InChI is InChI=1S/C20H25FN2O2S/c21-19-7-3-4-8-20(19)26(24,25)22-14-13-17-9-11-18(12-10-17)23-15-5-1-2-6-16-23/h3-4,7-12,22H,1-2,5-6,13-16H2. The summed E-state index contributed by atoms with van der Waals surface area (Å²) in [6.45, 7) is 2.43. The van der Waals surface area contributed by atoms with Gasteiger partial charge in [-0.2, -0.15) is 0 Å². The lowest BCUT2D eigenvalue weighted by Crippen LogP contribution is -2.27. The Labute approximate surface area is 155 Å². The summed E-state index contributed by atoms with van der Waals surface area (Å²) in [6, 6.07) is 13.7. The number of anilines is 1. The zero-order valence-electron chi connectivity index (χ0n) is 14.8. The SMILES string of the molecule is O=S(=O)(NCCc1ccc(N2CCCCCC2)cc1)c1ccccc1F. The molecule has 0 amide bonds. The first-order valence-corrected chi connectivity index (χ1v) is 10.6. The van der Waals surface area contributed by atoms with Crippen molar-refractivity contribution in [1.82, 2.24) is 4.72 Å². The van der Waals surface area contributed by atoms with E-state index in [1.54, 1.807) is 0 Å². The molecule has 0 saturated carbocycles. The van der Waals surface area contributed by atoms with Gasteiger partial charge in [0.2, 0.25) is 10.0 Å². The van der Waals surface area contributed by atoms with Gasteiger partial charge in [-0.15, -0.1) is 0 Å². The Morgan fingerprint density at radius 1 is 0.923 bits per heavy atom. The maximum absolute atomic E-state index is 13.7. The molecular formula is C20H25FN2O2S. The topological polar surface area (TPSA) is 49.4 Å². The van der Waals surface area contributed by atoms with E-state index in [0.717, 1.165) is 24.7 Å². The summed E-state index contributed by atoms with van der Waals surface area (Å²) in [5, 5.41) is 0. The number of hydrogen-bond acceptors (Lipinski definition) is 3. The quantitative estimate of drug-likeness (QED) is 0.836. The van der Waals surface area contributed by atoms with Crippen molar-refractivity contribution in [2.24, 2.45) is 0 Å². The van der Waals surface area contributed by atoms with Crippen molar-refractivity contribution in [3.05, 3.63) is 59.9 Å². The average molecular weight is 376 g/mol. The van der Waals surface area contributed by atoms with Crippen LogP contribution in [0.15, 0.2) is 53.4 Å². The number of halogens is 1. The molecule has 1 aliphatic heterocycles. The highest BCUT2D eigenvalue weighted by Crippen LogP contribution is 2.20. The largest absolute Gasteiger partial charge is 0.372 e. The van der Waals surface area contributed by atoms with Crippen molar-refractivity contribution in [1.29, 1.82) is 0 Å². The highest BCUT2D eigenvalue weighted by Gasteiger charge is 2.17. The lowest BCUT2D eigenvalue weighted by atomic mass is 10.1. The van der Waals surface area contributed by atoms with Gasteiger partial charge in [0.1, 0.15) is 10.7 Å². The second-order valence-corrected chi connectivity index (χ2v) is 8.38. The number of hydrogen-bond donors (Lipinski definition) is 1. The van der Waals surface area contributed by atoms with Gasteiger partial charge in [-0.25, -0.2) is 17.5 Å². The van der Waals surface area contributed by atoms with Crippen molar-refractivity contribution in [2.75, 3.05) is 24.5 Å². The first kappa shape index (κ1) is 18.9. The van der Waals surface area contributed by atoms with Crippen LogP contribution in [-0.4, -0.2) is 28.1 Å². The minimum atomic E-state index is -3.82. The molecule has 0 spiro atoms. The Bertz CT molecular complexity index is 814. The molecule has 1 fully saturated rings. The summed E-state index contributed by atoms with van der Waals surface area (Å²) in [5.74, 6) is -0.734. The molecule has 0 bridgehead atoms. The maximum atomic E-state index is 13.7. The Kier molecular flexibility index (Phi) is 6.27. The van der Waals surface area contributed by atoms with Crippen LogP contribution in [0.5, 0.6) is 0 Å². The van der Waals surface area contributed by atoms with Gasteiger partial charge in [0.05, 0.1) is 0 Å². The number of sulfonamides is 1. The molecule has 0 unspecified atom stereocenters. The number of rotatable bonds is 6. The third-order valence-electron chi connectivity index (χ3n) is 4.74. The van der Waals surface area contributed by atoms with Gasteiger partial charge in [0.15, 0.2) is 0 Å². The average Bonchev–Trinajstić information content (AvgIpc) is 2.92. The summed E-state index contributed by atoms with van der Waals surface area (Å²) in [6.07, 6.45) is 5.64. The lowest BCUT2D eigenvalue weighted by Gasteiger charge is -2.22. The van der Waals surface area contributed by atoms with E-state index in [4.69, 9.17) is 0 Å². The summed E-state index contributed by atoms with van der Waals surface area (Å²) >= 11 is 0. The van der Waals surface area contributed by atoms with E-state index < -0.39 is 15.8 Å². The minimum Gasteiger partial charge on any atom is -0.372 e. The van der Waals surface area contributed by atoms with E-state index in [2.05, 4.69) is 21.8 Å². The first-order chi connectivity index (χ1) is 12.6. The normalized spacial score (nSPS) is 15.7. The first-order valence-electron chi connectivity index (χ1n) is 9.14. The zero-order chi connectivity index (χ0) is 18.4. The van der Waals surface area contributed by atoms with Gasteiger partial charge in [-0.1, -0.05) is 37.1 Å². The molecule has 140 valence electrons. The molecule has 26 heavy (non-hydrogen) atoms. The van der Waals surface area contributed by atoms with Crippen LogP contribution < -0.4 is 9.62 Å². The molecule has 6 heteroatoms. The van der Waals surface area contributed by atoms with Crippen LogP contribution >= 0.6 is 0 Å². The van der Waals surface area contributed by atoms with E-state index in [1.807, 2.05) is 12.1 Å². The smallest absolute Gasteiger partial charge is 0.243 e. The van der Waals surface area contributed by atoms with Crippen molar-refractivity contribution in [3.63, 3.8) is 0 Å². The van der Waals surface area contributed by atoms with Crippen molar-refractivity contribution < 1.29 is 12.8 Å². The van der Waals surface area contributed by atoms with Crippen LogP contribution in [0.4, 0.5) is 10.1 Å². The molecule has 2 aromatic carbocycles. The number of nitrogens with zero attached hydrogens (tertiary/aromatic N) is 1. The molecule has 1 N–H and O–H groups in total. The summed E-state index contributed by atoms with van der Waals surface area (Å²) in [5.41, 5.74) is 2.28. The predicted molar refractivity (Wildman–Crippen MR) is 102 cm³/mol. The second-order valence-electron chi connectivity index (χ2n) is 6.65. The lowest BCUT2D eigenvalue weighted by molar-refractivity contribution is 0.557. The fourth-order valence-electron chi connectivity index (χ4n) is 3.27. The molecule has 0 radical (unpaired) electrons. The van der Waals surface area contributed by atoms with Crippen molar-refractivity contribution in [3.8, 4) is 0 Å². The van der Waals surface area contributed by atoms with Crippen LogP contribution in [-0.2, 0) is 16.4 Å². The fourth-order valence-corrected chi connectivity index (χ4v) is 4.38. The summed E-state index contributed by atoms with van der Waals surface area (Å²) in [7, 11) is -3.82. The van der Waals surface area contributed by atoms with Crippen LogP contribution in [0.3, 0.4) is 0 Å².